The fourth-order valence-electron chi connectivity index (χ4n) is 10.3. The summed E-state index contributed by atoms with van der Waals surface area (Å²) >= 11 is 1.67. The highest BCUT2D eigenvalue weighted by Gasteiger charge is 2.63. The van der Waals surface area contributed by atoms with Crippen LogP contribution in [-0.4, -0.2) is 33.3 Å². The van der Waals surface area contributed by atoms with E-state index in [4.69, 9.17) is 0 Å². The van der Waals surface area contributed by atoms with E-state index >= 15 is 0 Å². The highest BCUT2D eigenvalue weighted by molar-refractivity contribution is 7.15. The molecule has 1 aromatic rings. The van der Waals surface area contributed by atoms with Crippen LogP contribution in [0.5, 0.6) is 0 Å². The number of carbonyl (C=O) groups is 1. The van der Waals surface area contributed by atoms with Gasteiger partial charge in [0.05, 0.1) is 17.9 Å². The fourth-order valence-corrected chi connectivity index (χ4v) is 11.4. The third-order valence-electron chi connectivity index (χ3n) is 12.4. The summed E-state index contributed by atoms with van der Waals surface area (Å²) < 4.78 is 0. The van der Waals surface area contributed by atoms with E-state index in [1.807, 2.05) is 0 Å². The molecule has 37 heavy (non-hydrogen) atoms. The zero-order chi connectivity index (χ0) is 25.9. The SMILES string of the molecule is CC(CCC(=O)Nc1nc2c(s1)CCCC2)C1CCC2C3CCC4CC(O)CCC4(C)C3CC(O)C12C. The number of aromatic nitrogens is 1. The number of amides is 1. The van der Waals surface area contributed by atoms with Crippen molar-refractivity contribution in [1.82, 2.24) is 4.98 Å². The Morgan fingerprint density at radius 1 is 1.08 bits per heavy atom. The third kappa shape index (κ3) is 4.41. The molecular weight excluding hydrogens is 480 g/mol. The number of aliphatic hydroxyl groups excluding tert-OH is 2. The predicted octanol–water partition coefficient (Wildman–Crippen LogP) is 6.37. The number of thiazole rings is 1. The number of anilines is 1. The van der Waals surface area contributed by atoms with Crippen molar-refractivity contribution in [2.45, 2.75) is 123 Å². The van der Waals surface area contributed by atoms with Crippen molar-refractivity contribution in [2.24, 2.45) is 46.3 Å². The molecule has 1 amide bonds. The predicted molar refractivity (Wildman–Crippen MR) is 148 cm³/mol. The molecule has 0 aromatic carbocycles. The van der Waals surface area contributed by atoms with E-state index in [1.165, 1.54) is 49.1 Å². The topological polar surface area (TPSA) is 82.5 Å². The number of carbonyl (C=O) groups excluding carboxylic acids is 1. The summed E-state index contributed by atoms with van der Waals surface area (Å²) in [5, 5.41) is 26.0. The van der Waals surface area contributed by atoms with E-state index < -0.39 is 0 Å². The molecule has 6 heteroatoms. The number of aliphatic hydroxyl groups is 2. The van der Waals surface area contributed by atoms with Crippen LogP contribution in [0.1, 0.15) is 108 Å². The van der Waals surface area contributed by atoms with Gasteiger partial charge in [-0.15, -0.1) is 11.3 Å². The van der Waals surface area contributed by atoms with Gasteiger partial charge in [0.15, 0.2) is 5.13 Å². The Bertz CT molecular complexity index is 987. The van der Waals surface area contributed by atoms with Gasteiger partial charge in [-0.1, -0.05) is 20.8 Å². The number of hydrogen-bond acceptors (Lipinski definition) is 5. The molecule has 1 heterocycles. The normalized spacial score (nSPS) is 43.8. The molecule has 0 saturated heterocycles. The molecule has 0 radical (unpaired) electrons. The van der Waals surface area contributed by atoms with Gasteiger partial charge in [-0.25, -0.2) is 4.98 Å². The summed E-state index contributed by atoms with van der Waals surface area (Å²) in [5.41, 5.74) is 1.44. The van der Waals surface area contributed by atoms with Crippen LogP contribution in [0.3, 0.4) is 0 Å². The second-order valence-corrected chi connectivity index (χ2v) is 15.1. The Kier molecular flexibility index (Phi) is 7.02. The zero-order valence-corrected chi connectivity index (χ0v) is 24.0. The van der Waals surface area contributed by atoms with E-state index in [0.29, 0.717) is 41.9 Å². The average Bonchev–Trinajstić information content (AvgIpc) is 3.45. The van der Waals surface area contributed by atoms with Crippen LogP contribution in [0.25, 0.3) is 0 Å². The zero-order valence-electron chi connectivity index (χ0n) is 23.2. The second-order valence-electron chi connectivity index (χ2n) is 14.0. The molecule has 6 rings (SSSR count). The van der Waals surface area contributed by atoms with Crippen LogP contribution in [0, 0.1) is 46.3 Å². The molecule has 0 bridgehead atoms. The maximum atomic E-state index is 12.8. The van der Waals surface area contributed by atoms with Gasteiger partial charge in [0.25, 0.3) is 0 Å². The first kappa shape index (κ1) is 26.3. The van der Waals surface area contributed by atoms with E-state index in [0.717, 1.165) is 50.1 Å². The van der Waals surface area contributed by atoms with Crippen LogP contribution in [0.4, 0.5) is 5.13 Å². The summed E-state index contributed by atoms with van der Waals surface area (Å²) in [6, 6.07) is 0. The van der Waals surface area contributed by atoms with Crippen LogP contribution < -0.4 is 5.32 Å². The fraction of sp³-hybridized carbons (Fsp3) is 0.871. The van der Waals surface area contributed by atoms with Gasteiger partial charge in [-0.2, -0.15) is 0 Å². The van der Waals surface area contributed by atoms with Crippen molar-refractivity contribution in [3.63, 3.8) is 0 Å². The van der Waals surface area contributed by atoms with E-state index in [1.54, 1.807) is 11.3 Å². The van der Waals surface area contributed by atoms with Gasteiger partial charge in [0, 0.05) is 11.3 Å². The molecule has 0 spiro atoms. The van der Waals surface area contributed by atoms with Crippen molar-refractivity contribution in [1.29, 1.82) is 0 Å². The van der Waals surface area contributed by atoms with Crippen LogP contribution in [0.2, 0.25) is 0 Å². The van der Waals surface area contributed by atoms with Crippen LogP contribution in [-0.2, 0) is 17.6 Å². The van der Waals surface area contributed by atoms with Crippen LogP contribution in [0.15, 0.2) is 0 Å². The van der Waals surface area contributed by atoms with Crippen molar-refractivity contribution >= 4 is 22.4 Å². The number of nitrogens with zero attached hydrogens (tertiary/aromatic N) is 1. The molecule has 4 fully saturated rings. The first-order chi connectivity index (χ1) is 17.7. The average molecular weight is 529 g/mol. The van der Waals surface area contributed by atoms with Crippen LogP contribution >= 0.6 is 11.3 Å². The minimum atomic E-state index is -0.258. The molecule has 10 atom stereocenters. The number of aryl methyl sites for hydroxylation is 2. The van der Waals surface area contributed by atoms with Gasteiger partial charge in [-0.3, -0.25) is 4.79 Å². The van der Waals surface area contributed by atoms with Gasteiger partial charge in [0.2, 0.25) is 5.91 Å². The molecule has 5 aliphatic carbocycles. The Balaban J connectivity index is 1.10. The van der Waals surface area contributed by atoms with Gasteiger partial charge in [0.1, 0.15) is 0 Å². The summed E-state index contributed by atoms with van der Waals surface area (Å²) in [6.45, 7) is 7.21. The van der Waals surface area contributed by atoms with Gasteiger partial charge in [-0.05, 0) is 130 Å². The molecule has 10 unspecified atom stereocenters. The molecule has 5 aliphatic rings. The lowest BCUT2D eigenvalue weighted by Gasteiger charge is -2.62. The molecule has 0 aliphatic heterocycles. The highest BCUT2D eigenvalue weighted by Crippen LogP contribution is 2.68. The maximum absolute atomic E-state index is 12.8. The summed E-state index contributed by atoms with van der Waals surface area (Å²) in [4.78, 5) is 18.9. The molecular formula is C31H48N2O3S. The third-order valence-corrected chi connectivity index (χ3v) is 13.5. The lowest BCUT2D eigenvalue weighted by atomic mass is 9.43. The first-order valence-corrected chi connectivity index (χ1v) is 16.2. The number of fused-ring (bicyclic) bond motifs is 6. The summed E-state index contributed by atoms with van der Waals surface area (Å²) in [6.07, 6.45) is 14.5. The number of nitrogens with one attached hydrogen (secondary N) is 1. The van der Waals surface area contributed by atoms with Crippen molar-refractivity contribution in [2.75, 3.05) is 5.32 Å². The lowest BCUT2D eigenvalue weighted by Crippen LogP contribution is -2.58. The Morgan fingerprint density at radius 2 is 1.89 bits per heavy atom. The number of hydrogen-bond donors (Lipinski definition) is 3. The molecule has 5 nitrogen and oxygen atoms in total. The van der Waals surface area contributed by atoms with Gasteiger partial charge >= 0.3 is 0 Å². The Hall–Kier alpha value is -0.980. The Labute approximate surface area is 227 Å². The van der Waals surface area contributed by atoms with Crippen molar-refractivity contribution in [3.8, 4) is 0 Å². The molecule has 206 valence electrons. The van der Waals surface area contributed by atoms with E-state index in [-0.39, 0.29) is 28.9 Å². The first-order valence-electron chi connectivity index (χ1n) is 15.3. The van der Waals surface area contributed by atoms with Crippen molar-refractivity contribution < 1.29 is 15.0 Å². The molecule has 3 N–H and O–H groups in total. The monoisotopic (exact) mass is 528 g/mol. The van der Waals surface area contributed by atoms with Gasteiger partial charge < -0.3 is 15.5 Å². The van der Waals surface area contributed by atoms with E-state index in [9.17, 15) is 15.0 Å². The largest absolute Gasteiger partial charge is 0.393 e. The summed E-state index contributed by atoms with van der Waals surface area (Å²) in [5.74, 6) is 3.51. The lowest BCUT2D eigenvalue weighted by molar-refractivity contribution is -0.174. The smallest absolute Gasteiger partial charge is 0.226 e. The maximum Gasteiger partial charge on any atom is 0.226 e. The Morgan fingerprint density at radius 3 is 2.70 bits per heavy atom. The summed E-state index contributed by atoms with van der Waals surface area (Å²) in [7, 11) is 0. The van der Waals surface area contributed by atoms with E-state index in [2.05, 4.69) is 31.1 Å². The number of rotatable bonds is 5. The quantitative estimate of drug-likeness (QED) is 0.415. The second kappa shape index (κ2) is 9.89. The highest BCUT2D eigenvalue weighted by atomic mass is 32.1. The standard InChI is InChI=1S/C31H48N2O3S/c1-18(8-13-28(36)33-29-32-25-6-4-5-7-26(25)37-29)22-11-12-23-21-10-9-19-16-20(34)14-15-30(19,2)24(21)17-27(35)31(22,23)3/h18-24,27,34-35H,4-17H2,1-3H3,(H,32,33,36). The minimum absolute atomic E-state index is 0.0389. The minimum Gasteiger partial charge on any atom is -0.393 e. The van der Waals surface area contributed by atoms with Crippen molar-refractivity contribution in [3.05, 3.63) is 10.6 Å². The molecule has 4 saturated carbocycles. The molecule has 1 aromatic heterocycles.